The molecule has 7 heteroatoms. The zero-order valence-electron chi connectivity index (χ0n) is 10.3. The van der Waals surface area contributed by atoms with Crippen molar-refractivity contribution in [2.24, 2.45) is 0 Å². The first-order chi connectivity index (χ1) is 8.75. The summed E-state index contributed by atoms with van der Waals surface area (Å²) in [6.45, 7) is 0.850. The van der Waals surface area contributed by atoms with Gasteiger partial charge in [0.2, 0.25) is 0 Å². The second-order valence-electron chi connectivity index (χ2n) is 3.79. The van der Waals surface area contributed by atoms with Crippen molar-refractivity contribution in [3.05, 3.63) is 29.3 Å². The van der Waals surface area contributed by atoms with E-state index in [1.54, 1.807) is 0 Å². The predicted molar refractivity (Wildman–Crippen MR) is 58.8 cm³/mol. The maximum Gasteiger partial charge on any atom is 0.417 e. The Morgan fingerprint density at radius 1 is 1.37 bits per heavy atom. The van der Waals surface area contributed by atoms with E-state index in [2.05, 4.69) is 4.74 Å². The van der Waals surface area contributed by atoms with Crippen molar-refractivity contribution in [1.29, 1.82) is 0 Å². The zero-order valence-corrected chi connectivity index (χ0v) is 10.3. The summed E-state index contributed by atoms with van der Waals surface area (Å²) in [6.07, 6.45) is -6.04. The van der Waals surface area contributed by atoms with E-state index in [0.717, 1.165) is 19.2 Å². The minimum Gasteiger partial charge on any atom is -0.491 e. The number of rotatable bonds is 4. The summed E-state index contributed by atoms with van der Waals surface area (Å²) in [5, 5.41) is 0. The molecule has 0 amide bonds. The number of esters is 1. The largest absolute Gasteiger partial charge is 0.491 e. The number of hydrogen-bond donors (Lipinski definition) is 0. The Kier molecular flexibility index (Phi) is 4.74. The van der Waals surface area contributed by atoms with E-state index in [-0.39, 0.29) is 12.4 Å². The molecule has 1 aromatic rings. The van der Waals surface area contributed by atoms with Crippen LogP contribution in [-0.4, -0.2) is 25.9 Å². The zero-order chi connectivity index (χ0) is 14.6. The SMILES string of the molecule is COC(=O)c1ccc(OC[C@@H](C)F)cc1C(F)(F)F. The Labute approximate surface area is 107 Å². The molecular formula is C12H12F4O3. The van der Waals surface area contributed by atoms with Gasteiger partial charge in [0, 0.05) is 0 Å². The number of ether oxygens (including phenoxy) is 2. The topological polar surface area (TPSA) is 35.5 Å². The second-order valence-corrected chi connectivity index (χ2v) is 3.79. The second kappa shape index (κ2) is 5.90. The number of alkyl halides is 4. The van der Waals surface area contributed by atoms with Gasteiger partial charge in [-0.15, -0.1) is 0 Å². The van der Waals surface area contributed by atoms with Crippen LogP contribution in [0.15, 0.2) is 18.2 Å². The van der Waals surface area contributed by atoms with Crippen LogP contribution >= 0.6 is 0 Å². The van der Waals surface area contributed by atoms with Crippen LogP contribution in [0.2, 0.25) is 0 Å². The molecular weight excluding hydrogens is 268 g/mol. The van der Waals surface area contributed by atoms with E-state index >= 15 is 0 Å². The summed E-state index contributed by atoms with van der Waals surface area (Å²) in [7, 11) is 0.984. The highest BCUT2D eigenvalue weighted by Crippen LogP contribution is 2.34. The molecule has 0 bridgehead atoms. The van der Waals surface area contributed by atoms with Crippen LogP contribution in [0.4, 0.5) is 17.6 Å². The van der Waals surface area contributed by atoms with Crippen molar-refractivity contribution in [1.82, 2.24) is 0 Å². The van der Waals surface area contributed by atoms with Crippen LogP contribution in [-0.2, 0) is 10.9 Å². The molecule has 1 aromatic carbocycles. The van der Waals surface area contributed by atoms with Crippen molar-refractivity contribution in [3.8, 4) is 5.75 Å². The summed E-state index contributed by atoms with van der Waals surface area (Å²) >= 11 is 0. The van der Waals surface area contributed by atoms with E-state index in [9.17, 15) is 22.4 Å². The average Bonchev–Trinajstić information content (AvgIpc) is 2.34. The minimum absolute atomic E-state index is 0.163. The lowest BCUT2D eigenvalue weighted by atomic mass is 10.1. The van der Waals surface area contributed by atoms with Gasteiger partial charge in [-0.25, -0.2) is 9.18 Å². The third-order valence-corrected chi connectivity index (χ3v) is 2.18. The molecule has 0 heterocycles. The quantitative estimate of drug-likeness (QED) is 0.627. The molecule has 0 saturated carbocycles. The molecule has 1 atom stereocenters. The van der Waals surface area contributed by atoms with Crippen LogP contribution in [0.3, 0.4) is 0 Å². The standard InChI is InChI=1S/C12H12F4O3/c1-7(13)6-19-8-3-4-9(11(17)18-2)10(5-8)12(14,15)16/h3-5,7H,6H2,1-2H3/t7-/m1/s1. The smallest absolute Gasteiger partial charge is 0.417 e. The van der Waals surface area contributed by atoms with Crippen LogP contribution in [0.5, 0.6) is 5.75 Å². The number of carbonyl (C=O) groups is 1. The van der Waals surface area contributed by atoms with Gasteiger partial charge in [-0.1, -0.05) is 0 Å². The first kappa shape index (κ1) is 15.3. The number of hydrogen-bond acceptors (Lipinski definition) is 3. The van der Waals surface area contributed by atoms with E-state index in [0.29, 0.717) is 6.07 Å². The van der Waals surface area contributed by atoms with E-state index < -0.39 is 29.4 Å². The molecule has 3 nitrogen and oxygen atoms in total. The van der Waals surface area contributed by atoms with Crippen LogP contribution < -0.4 is 4.74 Å². The Bertz CT molecular complexity index is 455. The Balaban J connectivity index is 3.12. The first-order valence-electron chi connectivity index (χ1n) is 5.32. The number of methoxy groups -OCH3 is 1. The van der Waals surface area contributed by atoms with Crippen molar-refractivity contribution in [3.63, 3.8) is 0 Å². The lowest BCUT2D eigenvalue weighted by Crippen LogP contribution is -2.15. The van der Waals surface area contributed by atoms with Crippen molar-refractivity contribution in [2.75, 3.05) is 13.7 Å². The van der Waals surface area contributed by atoms with E-state index in [1.807, 2.05) is 0 Å². The minimum atomic E-state index is -4.73. The molecule has 0 radical (unpaired) electrons. The lowest BCUT2D eigenvalue weighted by molar-refractivity contribution is -0.138. The van der Waals surface area contributed by atoms with Crippen LogP contribution in [0.1, 0.15) is 22.8 Å². The highest BCUT2D eigenvalue weighted by molar-refractivity contribution is 5.91. The van der Waals surface area contributed by atoms with Gasteiger partial charge < -0.3 is 9.47 Å². The maximum atomic E-state index is 12.8. The van der Waals surface area contributed by atoms with E-state index in [1.165, 1.54) is 6.92 Å². The van der Waals surface area contributed by atoms with E-state index in [4.69, 9.17) is 4.74 Å². The normalized spacial score (nSPS) is 12.9. The molecule has 0 saturated heterocycles. The summed E-state index contributed by atoms with van der Waals surface area (Å²) < 4.78 is 60.0. The Morgan fingerprint density at radius 2 is 2.00 bits per heavy atom. The number of halogens is 4. The molecule has 0 fully saturated rings. The third-order valence-electron chi connectivity index (χ3n) is 2.18. The van der Waals surface area contributed by atoms with Gasteiger partial charge in [-0.3, -0.25) is 0 Å². The summed E-state index contributed by atoms with van der Waals surface area (Å²) in [5.74, 6) is -1.26. The molecule has 0 aliphatic rings. The lowest BCUT2D eigenvalue weighted by Gasteiger charge is -2.14. The number of carbonyl (C=O) groups excluding carboxylic acids is 1. The molecule has 0 aliphatic heterocycles. The van der Waals surface area contributed by atoms with Gasteiger partial charge in [0.1, 0.15) is 18.5 Å². The Morgan fingerprint density at radius 3 is 2.47 bits per heavy atom. The van der Waals surface area contributed by atoms with Gasteiger partial charge >= 0.3 is 12.1 Å². The fraction of sp³-hybridized carbons (Fsp3) is 0.417. The van der Waals surface area contributed by atoms with Crippen LogP contribution in [0, 0.1) is 0 Å². The van der Waals surface area contributed by atoms with Gasteiger partial charge in [0.25, 0.3) is 0 Å². The van der Waals surface area contributed by atoms with Crippen molar-refractivity contribution < 1.29 is 31.8 Å². The molecule has 0 N–H and O–H groups in total. The first-order valence-corrected chi connectivity index (χ1v) is 5.32. The average molecular weight is 280 g/mol. The molecule has 0 aliphatic carbocycles. The highest BCUT2D eigenvalue weighted by atomic mass is 19.4. The molecule has 1 rings (SSSR count). The maximum absolute atomic E-state index is 12.8. The predicted octanol–water partition coefficient (Wildman–Crippen LogP) is 3.23. The summed E-state index contributed by atoms with van der Waals surface area (Å²) in [6, 6.07) is 2.74. The third kappa shape index (κ3) is 4.11. The Hall–Kier alpha value is -1.79. The van der Waals surface area contributed by atoms with Crippen molar-refractivity contribution in [2.45, 2.75) is 19.3 Å². The summed E-state index contributed by atoms with van der Waals surface area (Å²) in [5.41, 5.74) is -1.79. The van der Waals surface area contributed by atoms with Gasteiger partial charge in [0.05, 0.1) is 18.2 Å². The fourth-order valence-corrected chi connectivity index (χ4v) is 1.35. The summed E-state index contributed by atoms with van der Waals surface area (Å²) in [4.78, 5) is 11.2. The monoisotopic (exact) mass is 280 g/mol. The van der Waals surface area contributed by atoms with Crippen LogP contribution in [0.25, 0.3) is 0 Å². The molecule has 106 valence electrons. The van der Waals surface area contributed by atoms with Crippen molar-refractivity contribution >= 4 is 5.97 Å². The molecule has 0 aromatic heterocycles. The molecule has 0 unspecified atom stereocenters. The van der Waals surface area contributed by atoms with Gasteiger partial charge in [-0.05, 0) is 25.1 Å². The molecule has 19 heavy (non-hydrogen) atoms. The van der Waals surface area contributed by atoms with Gasteiger partial charge in [-0.2, -0.15) is 13.2 Å². The highest BCUT2D eigenvalue weighted by Gasteiger charge is 2.36. The molecule has 0 spiro atoms. The fourth-order valence-electron chi connectivity index (χ4n) is 1.35. The van der Waals surface area contributed by atoms with Gasteiger partial charge in [0.15, 0.2) is 0 Å². The number of benzene rings is 1.